The van der Waals surface area contributed by atoms with Gasteiger partial charge >= 0.3 is 0 Å². The Hall–Kier alpha value is -10.8. The molecule has 4 aliphatic rings. The number of amides is 1. The van der Waals surface area contributed by atoms with E-state index in [4.69, 9.17) is 29.2 Å². The molecule has 13 aromatic rings. The first kappa shape index (κ1) is 56.7. The number of nitrogens with one attached hydrogen (secondary N) is 5. The molecule has 3 saturated heterocycles. The van der Waals surface area contributed by atoms with Crippen LogP contribution in [0.5, 0.6) is 0 Å². The number of aromatic nitrogens is 14. The highest BCUT2D eigenvalue weighted by Gasteiger charge is 2.26. The van der Waals surface area contributed by atoms with E-state index in [1.807, 2.05) is 97.7 Å². The second kappa shape index (κ2) is 25.4. The Labute approximate surface area is 522 Å². The van der Waals surface area contributed by atoms with Crippen LogP contribution in [0.25, 0.3) is 111 Å². The van der Waals surface area contributed by atoms with E-state index in [1.165, 1.54) is 10.9 Å². The Bertz CT molecular complexity index is 4690. The summed E-state index contributed by atoms with van der Waals surface area (Å²) in [5, 5.41) is 28.7. The number of hydrogen-bond acceptors (Lipinski definition) is 17. The van der Waals surface area contributed by atoms with Crippen LogP contribution in [0.1, 0.15) is 28.8 Å². The van der Waals surface area contributed by atoms with Crippen LogP contribution in [0.15, 0.2) is 165 Å². The highest BCUT2D eigenvalue weighted by molar-refractivity contribution is 6.05. The molecule has 2 aromatic carbocycles. The van der Waals surface area contributed by atoms with E-state index in [2.05, 4.69) is 125 Å². The lowest BCUT2D eigenvalue weighted by molar-refractivity contribution is 0.0951. The number of hydrogen-bond donors (Lipinski definition) is 5. The lowest BCUT2D eigenvalue weighted by Gasteiger charge is -2.28. The van der Waals surface area contributed by atoms with Crippen molar-refractivity contribution < 1.29 is 19.0 Å². The van der Waals surface area contributed by atoms with Crippen LogP contribution in [-0.2, 0) is 14.2 Å². The lowest BCUT2D eigenvalue weighted by atomic mass is 9.98. The summed E-state index contributed by atoms with van der Waals surface area (Å²) in [5.41, 5.74) is 17.0. The highest BCUT2D eigenvalue weighted by Crippen LogP contribution is 2.40. The molecule has 17 rings (SSSR count). The molecule has 454 valence electrons. The van der Waals surface area contributed by atoms with Crippen molar-refractivity contribution in [3.63, 3.8) is 0 Å². The third-order valence-electron chi connectivity index (χ3n) is 17.0. The average Bonchev–Trinajstić information content (AvgIpc) is 1.58. The number of carbonyl (C=O) groups excluding carboxylic acids is 1. The van der Waals surface area contributed by atoms with Crippen molar-refractivity contribution in [2.45, 2.75) is 25.8 Å². The molecule has 22 nitrogen and oxygen atoms in total. The molecule has 14 heterocycles. The first-order valence-corrected chi connectivity index (χ1v) is 30.7. The van der Waals surface area contributed by atoms with Gasteiger partial charge in [-0.1, -0.05) is 24.3 Å². The summed E-state index contributed by atoms with van der Waals surface area (Å²) >= 11 is 0. The van der Waals surface area contributed by atoms with Gasteiger partial charge in [-0.25, -0.2) is 15.0 Å². The highest BCUT2D eigenvalue weighted by atomic mass is 16.5. The minimum Gasteiger partial charge on any atom is -0.378 e. The van der Waals surface area contributed by atoms with Crippen molar-refractivity contribution in [1.29, 1.82) is 0 Å². The molecule has 11 aromatic heterocycles. The van der Waals surface area contributed by atoms with E-state index in [-0.39, 0.29) is 5.91 Å². The zero-order chi connectivity index (χ0) is 61.0. The van der Waals surface area contributed by atoms with Crippen LogP contribution >= 0.6 is 0 Å². The number of nitrogens with zero attached hydrogens (tertiary/aromatic N) is 13. The molecule has 0 unspecified atom stereocenters. The van der Waals surface area contributed by atoms with Gasteiger partial charge in [0.2, 0.25) is 0 Å². The number of benzene rings is 2. The number of rotatable bonds is 11. The molecular weight excluding hydrogens is 1140 g/mol. The number of anilines is 3. The monoisotopic (exact) mass is 1210 g/mol. The van der Waals surface area contributed by atoms with Gasteiger partial charge in [0, 0.05) is 134 Å². The zero-order valence-electron chi connectivity index (χ0n) is 50.0. The van der Waals surface area contributed by atoms with Crippen LogP contribution in [0.3, 0.4) is 0 Å². The fraction of sp³-hybridized carbons (Fsp3) is 0.232. The van der Waals surface area contributed by atoms with Gasteiger partial charge in [0.15, 0.2) is 0 Å². The average molecular weight is 1210 g/mol. The number of aromatic amines is 4. The summed E-state index contributed by atoms with van der Waals surface area (Å²) in [6.45, 7) is 11.2. The molecule has 1 saturated carbocycles. The van der Waals surface area contributed by atoms with E-state index >= 15 is 0 Å². The maximum atomic E-state index is 12.4. The van der Waals surface area contributed by atoms with Crippen molar-refractivity contribution in [3.05, 3.63) is 176 Å². The number of morpholine rings is 3. The third-order valence-corrected chi connectivity index (χ3v) is 17.0. The van der Waals surface area contributed by atoms with Gasteiger partial charge < -0.3 is 39.2 Å². The molecule has 3 aliphatic heterocycles. The van der Waals surface area contributed by atoms with Gasteiger partial charge in [0.1, 0.15) is 51.1 Å². The Morgan fingerprint density at radius 3 is 1.41 bits per heavy atom. The van der Waals surface area contributed by atoms with Crippen molar-refractivity contribution in [2.24, 2.45) is 0 Å². The van der Waals surface area contributed by atoms with E-state index in [0.717, 1.165) is 175 Å². The smallest absolute Gasteiger partial charge is 0.251 e. The van der Waals surface area contributed by atoms with E-state index < -0.39 is 0 Å². The van der Waals surface area contributed by atoms with Crippen molar-refractivity contribution >= 4 is 67.0 Å². The molecule has 0 radical (unpaired) electrons. The number of pyridine rings is 7. The largest absolute Gasteiger partial charge is 0.378 e. The molecule has 22 heteroatoms. The molecule has 1 amide bonds. The number of carbonyl (C=O) groups is 1. The minimum absolute atomic E-state index is 0.0108. The number of fused-ring (bicyclic) bond motifs is 4. The molecule has 91 heavy (non-hydrogen) atoms. The van der Waals surface area contributed by atoms with Gasteiger partial charge in [-0.05, 0) is 143 Å². The SMILES string of the molecule is Cc1ccncc1-c1cc(N2CCOCC2)nc2c(-c3ccn[nH]3)nccc12.O=C(NC1CC1)c1ccc(-c2cc(N3CCOCC3)nc3c(-c4ccn[nH]4)nccc23)cc1.c1cc(-c2nccc3c(-c4ccc5cc[nH]c5c4)cc(N4CCOCC4)nc23)[nH]n1. The Morgan fingerprint density at radius 2 is 0.945 bits per heavy atom. The van der Waals surface area contributed by atoms with Gasteiger partial charge in [0.05, 0.1) is 56.7 Å². The summed E-state index contributed by atoms with van der Waals surface area (Å²) in [4.78, 5) is 55.8. The molecule has 0 bridgehead atoms. The number of ether oxygens (including phenoxy) is 3. The second-order valence-electron chi connectivity index (χ2n) is 22.8. The van der Waals surface area contributed by atoms with Crippen molar-refractivity contribution in [2.75, 3.05) is 93.6 Å². The zero-order valence-corrected chi connectivity index (χ0v) is 50.0. The topological polar surface area (TPSA) is 259 Å². The fourth-order valence-corrected chi connectivity index (χ4v) is 12.0. The van der Waals surface area contributed by atoms with Gasteiger partial charge in [0.25, 0.3) is 5.91 Å². The Morgan fingerprint density at radius 1 is 0.484 bits per heavy atom. The number of H-pyrrole nitrogens is 4. The molecule has 0 atom stereocenters. The number of aryl methyl sites for hydroxylation is 1. The lowest BCUT2D eigenvalue weighted by Crippen LogP contribution is -2.36. The van der Waals surface area contributed by atoms with Gasteiger partial charge in [-0.3, -0.25) is 40.0 Å². The first-order valence-electron chi connectivity index (χ1n) is 30.7. The summed E-state index contributed by atoms with van der Waals surface area (Å²) < 4.78 is 16.6. The quantitative estimate of drug-likeness (QED) is 0.0806. The summed E-state index contributed by atoms with van der Waals surface area (Å²) in [6.07, 6.45) is 18.5. The normalized spacial score (nSPS) is 15.2. The summed E-state index contributed by atoms with van der Waals surface area (Å²) in [7, 11) is 0. The van der Waals surface area contributed by atoms with Crippen molar-refractivity contribution in [1.82, 2.24) is 75.8 Å². The van der Waals surface area contributed by atoms with Crippen LogP contribution in [0.4, 0.5) is 17.5 Å². The van der Waals surface area contributed by atoms with Crippen LogP contribution in [0.2, 0.25) is 0 Å². The van der Waals surface area contributed by atoms with Crippen molar-refractivity contribution in [3.8, 4) is 67.5 Å². The molecular formula is C69H64N18O4. The van der Waals surface area contributed by atoms with E-state index in [1.54, 1.807) is 24.8 Å². The minimum atomic E-state index is -0.0108. The summed E-state index contributed by atoms with van der Waals surface area (Å²) in [6, 6.07) is 37.1. The van der Waals surface area contributed by atoms with Crippen LogP contribution in [0, 0.1) is 6.92 Å². The van der Waals surface area contributed by atoms with Crippen LogP contribution in [-0.4, -0.2) is 161 Å². The van der Waals surface area contributed by atoms with E-state index in [9.17, 15) is 4.79 Å². The van der Waals surface area contributed by atoms with Gasteiger partial charge in [-0.15, -0.1) is 0 Å². The Balaban J connectivity index is 0.000000114. The fourth-order valence-electron chi connectivity index (χ4n) is 12.0. The maximum Gasteiger partial charge on any atom is 0.251 e. The standard InChI is InChI=1S/C25H24N6O2.C23H20N6O.C21H20N6O/c32-25(28-18-5-6-18)17-3-1-16(2-4-17)20-15-22(31-11-13-33-14-12-31)29-23-19(20)7-9-26-24(23)21-8-10-27-30-21;1-2-16(13-20-15(1)3-6-24-20)18-14-21(29-9-11-30-12-10-29)27-22-17(18)4-7-25-23(22)19-5-8-26-28-19;1-14-2-5-22-13-17(14)16-12-19(27-8-10-28-11-9-27)25-20-15(16)3-6-23-21(20)18-4-7-24-26-18/h1-4,7-10,15,18H,5-6,11-14H2,(H,27,30)(H,28,32);1-8,13-14,24H,9-12H2,(H,26,28);2-7,12-13H,8-11H2,1H3,(H,24,26). The Kier molecular flexibility index (Phi) is 15.8. The predicted molar refractivity (Wildman–Crippen MR) is 352 cm³/mol. The van der Waals surface area contributed by atoms with Crippen LogP contribution < -0.4 is 20.0 Å². The third kappa shape index (κ3) is 11.9. The first-order chi connectivity index (χ1) is 44.9. The predicted octanol–water partition coefficient (Wildman–Crippen LogP) is 10.6. The van der Waals surface area contributed by atoms with Gasteiger partial charge in [-0.2, -0.15) is 15.3 Å². The second-order valence-corrected chi connectivity index (χ2v) is 22.8. The molecule has 4 fully saturated rings. The molecule has 0 spiro atoms. The van der Waals surface area contributed by atoms with E-state index in [0.29, 0.717) is 51.2 Å². The maximum absolute atomic E-state index is 12.4. The molecule has 5 N–H and O–H groups in total. The molecule has 1 aliphatic carbocycles. The summed E-state index contributed by atoms with van der Waals surface area (Å²) in [5.74, 6) is 2.76.